The molecule has 0 saturated heterocycles. The molecule has 0 aliphatic carbocycles. The van der Waals surface area contributed by atoms with Gasteiger partial charge >= 0.3 is 0 Å². The topological polar surface area (TPSA) is 191 Å². The molecule has 2 heterocycles. The lowest BCUT2D eigenvalue weighted by Crippen LogP contribution is -2.49. The zero-order chi connectivity index (χ0) is 25.3. The number of carbonyl (C=O) groups is 4. The molecule has 0 aromatic carbocycles. The fourth-order valence-electron chi connectivity index (χ4n) is 3.20. The van der Waals surface area contributed by atoms with Gasteiger partial charge in [-0.1, -0.05) is 17.4 Å². The SMILES string of the molecule is CCCN(CC(=O)N(CC(N)=O)Cc1cn(C)nn1)C(=O)CN(Cc1cn(C)nn1)C(=O)CN. The van der Waals surface area contributed by atoms with E-state index >= 15 is 0 Å². The largest absolute Gasteiger partial charge is 0.368 e. The van der Waals surface area contributed by atoms with Crippen LogP contribution in [0.3, 0.4) is 0 Å². The highest BCUT2D eigenvalue weighted by atomic mass is 16.2. The van der Waals surface area contributed by atoms with Crippen LogP contribution in [-0.4, -0.2) is 101 Å². The van der Waals surface area contributed by atoms with E-state index in [0.717, 1.165) is 0 Å². The lowest BCUT2D eigenvalue weighted by Gasteiger charge is -2.28. The lowest BCUT2D eigenvalue weighted by atomic mass is 10.3. The highest BCUT2D eigenvalue weighted by molar-refractivity contribution is 5.90. The Morgan fingerprint density at radius 1 is 0.824 bits per heavy atom. The molecule has 0 unspecified atom stereocenters. The third-order valence-corrected chi connectivity index (χ3v) is 4.73. The van der Waals surface area contributed by atoms with Crippen molar-refractivity contribution in [2.24, 2.45) is 25.6 Å². The lowest BCUT2D eigenvalue weighted by molar-refractivity contribution is -0.145. The maximum absolute atomic E-state index is 13.1. The average molecular weight is 478 g/mol. The minimum absolute atomic E-state index is 0.00816. The van der Waals surface area contributed by atoms with Crippen LogP contribution in [0, 0.1) is 0 Å². The summed E-state index contributed by atoms with van der Waals surface area (Å²) in [6, 6.07) is 0. The molecule has 4 N–H and O–H groups in total. The van der Waals surface area contributed by atoms with Gasteiger partial charge < -0.3 is 26.2 Å². The van der Waals surface area contributed by atoms with Crippen molar-refractivity contribution in [1.82, 2.24) is 44.7 Å². The van der Waals surface area contributed by atoms with E-state index < -0.39 is 23.6 Å². The zero-order valence-corrected chi connectivity index (χ0v) is 19.6. The number of nitrogens with zero attached hydrogens (tertiary/aromatic N) is 9. The van der Waals surface area contributed by atoms with Crippen molar-refractivity contribution in [3.63, 3.8) is 0 Å². The summed E-state index contributed by atoms with van der Waals surface area (Å²) in [5.74, 6) is -2.08. The van der Waals surface area contributed by atoms with Crippen LogP contribution in [0.2, 0.25) is 0 Å². The van der Waals surface area contributed by atoms with E-state index in [9.17, 15) is 19.2 Å². The van der Waals surface area contributed by atoms with Crippen LogP contribution in [0.15, 0.2) is 12.4 Å². The quantitative estimate of drug-likeness (QED) is 0.302. The van der Waals surface area contributed by atoms with Gasteiger partial charge in [0.15, 0.2) is 0 Å². The Hall–Kier alpha value is -3.88. The first-order valence-corrected chi connectivity index (χ1v) is 10.6. The second-order valence-corrected chi connectivity index (χ2v) is 7.75. The first kappa shape index (κ1) is 26.4. The molecule has 15 nitrogen and oxygen atoms in total. The van der Waals surface area contributed by atoms with Gasteiger partial charge in [0.1, 0.15) is 17.9 Å². The van der Waals surface area contributed by atoms with E-state index in [1.54, 1.807) is 26.5 Å². The van der Waals surface area contributed by atoms with E-state index in [-0.39, 0.29) is 45.8 Å². The Balaban J connectivity index is 2.12. The molecule has 0 spiro atoms. The molecule has 2 aromatic heterocycles. The normalized spacial score (nSPS) is 10.7. The highest BCUT2D eigenvalue weighted by Crippen LogP contribution is 2.06. The molecule has 34 heavy (non-hydrogen) atoms. The van der Waals surface area contributed by atoms with Crippen LogP contribution in [-0.2, 0) is 46.4 Å². The molecule has 0 aliphatic heterocycles. The molecular formula is C19H31N11O4. The van der Waals surface area contributed by atoms with Crippen molar-refractivity contribution in [3.05, 3.63) is 23.8 Å². The maximum atomic E-state index is 13.1. The molecule has 0 aliphatic rings. The Kier molecular flexibility index (Phi) is 9.61. The first-order valence-electron chi connectivity index (χ1n) is 10.6. The highest BCUT2D eigenvalue weighted by Gasteiger charge is 2.26. The van der Waals surface area contributed by atoms with Gasteiger partial charge in [0.05, 0.1) is 32.7 Å². The summed E-state index contributed by atoms with van der Waals surface area (Å²) < 4.78 is 2.95. The predicted octanol–water partition coefficient (Wildman–Crippen LogP) is -3.02. The Morgan fingerprint density at radius 2 is 1.29 bits per heavy atom. The van der Waals surface area contributed by atoms with Crippen molar-refractivity contribution < 1.29 is 19.2 Å². The predicted molar refractivity (Wildman–Crippen MR) is 118 cm³/mol. The number of hydrogen-bond acceptors (Lipinski definition) is 9. The molecule has 0 fully saturated rings. The molecule has 0 atom stereocenters. The molecule has 0 bridgehead atoms. The van der Waals surface area contributed by atoms with E-state index in [1.807, 2.05) is 6.92 Å². The summed E-state index contributed by atoms with van der Waals surface area (Å²) in [7, 11) is 3.36. The van der Waals surface area contributed by atoms with Gasteiger partial charge in [-0.05, 0) is 6.42 Å². The van der Waals surface area contributed by atoms with E-state index in [0.29, 0.717) is 17.8 Å². The Labute approximate surface area is 196 Å². The molecule has 0 radical (unpaired) electrons. The summed E-state index contributed by atoms with van der Waals surface area (Å²) in [4.78, 5) is 53.7. The second kappa shape index (κ2) is 12.4. The average Bonchev–Trinajstić information content (AvgIpc) is 3.38. The van der Waals surface area contributed by atoms with Gasteiger partial charge in [0.2, 0.25) is 23.6 Å². The molecule has 186 valence electrons. The van der Waals surface area contributed by atoms with Crippen LogP contribution >= 0.6 is 0 Å². The maximum Gasteiger partial charge on any atom is 0.243 e. The number of rotatable bonds is 13. The Morgan fingerprint density at radius 3 is 1.71 bits per heavy atom. The second-order valence-electron chi connectivity index (χ2n) is 7.75. The number of nitrogens with two attached hydrogens (primary N) is 2. The summed E-state index contributed by atoms with van der Waals surface area (Å²) in [6.45, 7) is 0.969. The van der Waals surface area contributed by atoms with E-state index in [4.69, 9.17) is 11.5 Å². The van der Waals surface area contributed by atoms with Gasteiger partial charge in [0, 0.05) is 33.0 Å². The van der Waals surface area contributed by atoms with Gasteiger partial charge in [-0.15, -0.1) is 10.2 Å². The zero-order valence-electron chi connectivity index (χ0n) is 19.6. The molecule has 2 rings (SSSR count). The van der Waals surface area contributed by atoms with Crippen molar-refractivity contribution in [3.8, 4) is 0 Å². The number of hydrogen-bond donors (Lipinski definition) is 2. The number of primary amides is 1. The third kappa shape index (κ3) is 7.91. The van der Waals surface area contributed by atoms with Gasteiger partial charge in [0.25, 0.3) is 0 Å². The fraction of sp³-hybridized carbons (Fsp3) is 0.579. The minimum atomic E-state index is -0.700. The smallest absolute Gasteiger partial charge is 0.243 e. The van der Waals surface area contributed by atoms with Gasteiger partial charge in [-0.25, -0.2) is 0 Å². The van der Waals surface area contributed by atoms with Crippen LogP contribution in [0.5, 0.6) is 0 Å². The van der Waals surface area contributed by atoms with Crippen molar-refractivity contribution in [2.75, 3.05) is 32.7 Å². The summed E-state index contributed by atoms with van der Waals surface area (Å²) in [5, 5.41) is 15.5. The number of carbonyl (C=O) groups excluding carboxylic acids is 4. The van der Waals surface area contributed by atoms with E-state index in [1.165, 1.54) is 24.1 Å². The van der Waals surface area contributed by atoms with E-state index in [2.05, 4.69) is 20.6 Å². The first-order chi connectivity index (χ1) is 16.1. The number of amides is 4. The van der Waals surface area contributed by atoms with Crippen LogP contribution in [0.4, 0.5) is 0 Å². The monoisotopic (exact) mass is 477 g/mol. The molecule has 2 aromatic rings. The van der Waals surface area contributed by atoms with Gasteiger partial charge in [-0.3, -0.25) is 28.5 Å². The number of aromatic nitrogens is 6. The molecule has 15 heteroatoms. The Bertz CT molecular complexity index is 1000. The van der Waals surface area contributed by atoms with Gasteiger partial charge in [-0.2, -0.15) is 0 Å². The van der Waals surface area contributed by atoms with Crippen molar-refractivity contribution in [2.45, 2.75) is 26.4 Å². The molecule has 0 saturated carbocycles. The molecular weight excluding hydrogens is 446 g/mol. The summed E-state index contributed by atoms with van der Waals surface area (Å²) >= 11 is 0. The van der Waals surface area contributed by atoms with Crippen LogP contribution in [0.1, 0.15) is 24.7 Å². The van der Waals surface area contributed by atoms with Crippen molar-refractivity contribution >= 4 is 23.6 Å². The summed E-state index contributed by atoms with van der Waals surface area (Å²) in [6.07, 6.45) is 3.82. The standard InChI is InChI=1S/C19H31N11O4/c1-4-5-28(12-19(34)29(11-16(21)31)9-14-7-26(2)24-22-14)18(33)13-30(17(32)6-20)10-15-8-27(3)25-23-15/h7-8H,4-6,9-13,20H2,1-3H3,(H2,21,31). The minimum Gasteiger partial charge on any atom is -0.368 e. The fourth-order valence-corrected chi connectivity index (χ4v) is 3.20. The van der Waals surface area contributed by atoms with Crippen LogP contribution in [0.25, 0.3) is 0 Å². The third-order valence-electron chi connectivity index (χ3n) is 4.73. The van der Waals surface area contributed by atoms with Crippen molar-refractivity contribution in [1.29, 1.82) is 0 Å². The summed E-state index contributed by atoms with van der Waals surface area (Å²) in [5.41, 5.74) is 11.8. The van der Waals surface area contributed by atoms with Crippen LogP contribution < -0.4 is 11.5 Å². The molecule has 4 amide bonds. The number of aryl methyl sites for hydroxylation is 2.